The van der Waals surface area contributed by atoms with Crippen LogP contribution in [0, 0.1) is 12.3 Å². The molecule has 2 aromatic carbocycles. The Morgan fingerprint density at radius 3 is 2.55 bits per heavy atom. The van der Waals surface area contributed by atoms with Crippen LogP contribution in [0.15, 0.2) is 36.4 Å². The van der Waals surface area contributed by atoms with E-state index in [2.05, 4.69) is 13.0 Å². The van der Waals surface area contributed by atoms with E-state index < -0.39 is 5.41 Å². The Kier molecular flexibility index (Phi) is 5.60. The average molecular weight is 442 g/mol. The smallest absolute Gasteiger partial charge is 0.329 e. The second-order valence-electron chi connectivity index (χ2n) is 8.79. The third kappa shape index (κ3) is 3.74. The minimum atomic E-state index is -0.494. The quantitative estimate of drug-likeness (QED) is 0.711. The number of primary amides is 1. The zero-order valence-corrected chi connectivity index (χ0v) is 18.9. The molecule has 0 unspecified atom stereocenters. The normalized spacial score (nSPS) is 23.5. The van der Waals surface area contributed by atoms with E-state index in [0.29, 0.717) is 35.8 Å². The molecule has 0 bridgehead atoms. The molecule has 1 heterocycles. The second kappa shape index (κ2) is 8.08. The van der Waals surface area contributed by atoms with Gasteiger partial charge in [-0.15, -0.1) is 0 Å². The second-order valence-corrected chi connectivity index (χ2v) is 9.20. The Morgan fingerprint density at radius 2 is 1.94 bits per heavy atom. The van der Waals surface area contributed by atoms with E-state index in [1.807, 2.05) is 30.0 Å². The van der Waals surface area contributed by atoms with Crippen molar-refractivity contribution in [2.24, 2.45) is 11.1 Å². The molecule has 0 radical (unpaired) electrons. The summed E-state index contributed by atoms with van der Waals surface area (Å²) in [5, 5.41) is 0.453. The fraction of sp³-hybridized carbons (Fsp3) is 0.417. The zero-order chi connectivity index (χ0) is 22.3. The van der Waals surface area contributed by atoms with Gasteiger partial charge >= 0.3 is 6.03 Å². The number of anilines is 2. The Balaban J connectivity index is 1.71. The van der Waals surface area contributed by atoms with Crippen molar-refractivity contribution in [1.29, 1.82) is 0 Å². The van der Waals surface area contributed by atoms with E-state index in [1.54, 1.807) is 24.1 Å². The minimum Gasteiger partial charge on any atom is -0.495 e. The summed E-state index contributed by atoms with van der Waals surface area (Å²) < 4.78 is 5.27. The maximum absolute atomic E-state index is 13.7. The highest BCUT2D eigenvalue weighted by atomic mass is 35.5. The van der Waals surface area contributed by atoms with Crippen LogP contribution in [0.5, 0.6) is 5.75 Å². The van der Waals surface area contributed by atoms with Gasteiger partial charge < -0.3 is 15.4 Å². The molecule has 1 saturated carbocycles. The molecule has 31 heavy (non-hydrogen) atoms. The van der Waals surface area contributed by atoms with Gasteiger partial charge in [-0.2, -0.15) is 0 Å². The van der Waals surface area contributed by atoms with Crippen molar-refractivity contribution < 1.29 is 14.3 Å². The van der Waals surface area contributed by atoms with Gasteiger partial charge in [0.1, 0.15) is 5.75 Å². The molecule has 164 valence electrons. The summed E-state index contributed by atoms with van der Waals surface area (Å²) >= 11 is 6.38. The highest BCUT2D eigenvalue weighted by Crippen LogP contribution is 2.43. The van der Waals surface area contributed by atoms with E-state index in [-0.39, 0.29) is 18.0 Å². The largest absolute Gasteiger partial charge is 0.495 e. The van der Waals surface area contributed by atoms with E-state index in [4.69, 9.17) is 22.1 Å². The number of halogens is 1. The number of rotatable bonds is 4. The maximum Gasteiger partial charge on any atom is 0.329 e. The predicted octanol–water partition coefficient (Wildman–Crippen LogP) is 5.16. The number of carbonyl (C=O) groups is 2. The Morgan fingerprint density at radius 1 is 1.23 bits per heavy atom. The molecule has 6 nitrogen and oxygen atoms in total. The van der Waals surface area contributed by atoms with Gasteiger partial charge in [0.05, 0.1) is 30.1 Å². The molecular weight excluding hydrogens is 414 g/mol. The van der Waals surface area contributed by atoms with Crippen LogP contribution in [0.25, 0.3) is 0 Å². The number of benzene rings is 2. The minimum absolute atomic E-state index is 0.0592. The van der Waals surface area contributed by atoms with Gasteiger partial charge in [0.15, 0.2) is 0 Å². The molecule has 7 heteroatoms. The Hall–Kier alpha value is -2.73. The molecule has 0 saturated heterocycles. The first-order valence-electron chi connectivity index (χ1n) is 10.6. The van der Waals surface area contributed by atoms with Crippen molar-refractivity contribution in [3.05, 3.63) is 52.5 Å². The van der Waals surface area contributed by atoms with Crippen molar-refractivity contribution in [2.75, 3.05) is 12.0 Å². The number of methoxy groups -OCH3 is 1. The molecule has 2 aliphatic rings. The van der Waals surface area contributed by atoms with Crippen molar-refractivity contribution >= 4 is 34.9 Å². The number of hydrogen-bond donors (Lipinski definition) is 1. The van der Waals surface area contributed by atoms with Crippen molar-refractivity contribution in [2.45, 2.75) is 52.1 Å². The standard InChI is InChI=1S/C24H28ClN3O3/c1-15-5-4-6-20-18(15)14-27(16-9-11-24(2,12-10-16)22(26)29)23(30)28(20)17-7-8-21(31-3)19(25)13-17/h4-8,13,16H,9-12,14H2,1-3H3,(H2,26,29). The number of ether oxygens (including phenoxy) is 1. The third-order valence-electron chi connectivity index (χ3n) is 6.88. The highest BCUT2D eigenvalue weighted by Gasteiger charge is 2.42. The lowest BCUT2D eigenvalue weighted by atomic mass is 9.73. The molecule has 4 rings (SSSR count). The number of nitrogens with two attached hydrogens (primary N) is 1. The van der Waals surface area contributed by atoms with E-state index in [1.165, 1.54) is 0 Å². The van der Waals surface area contributed by atoms with Gasteiger partial charge in [-0.3, -0.25) is 9.69 Å². The van der Waals surface area contributed by atoms with Gasteiger partial charge in [0, 0.05) is 11.5 Å². The average Bonchev–Trinajstić information content (AvgIpc) is 2.74. The topological polar surface area (TPSA) is 75.9 Å². The number of aryl methyl sites for hydroxylation is 1. The Bertz CT molecular complexity index is 1030. The van der Waals surface area contributed by atoms with Crippen LogP contribution < -0.4 is 15.4 Å². The van der Waals surface area contributed by atoms with Crippen LogP contribution in [0.2, 0.25) is 5.02 Å². The summed E-state index contributed by atoms with van der Waals surface area (Å²) in [6.07, 6.45) is 2.88. The molecule has 0 spiro atoms. The Labute approximate surface area is 187 Å². The van der Waals surface area contributed by atoms with E-state index >= 15 is 0 Å². The van der Waals surface area contributed by atoms with E-state index in [0.717, 1.165) is 29.7 Å². The molecule has 0 aromatic heterocycles. The van der Waals surface area contributed by atoms with Crippen molar-refractivity contribution in [1.82, 2.24) is 4.90 Å². The van der Waals surface area contributed by atoms with Crippen LogP contribution in [-0.2, 0) is 11.3 Å². The fourth-order valence-corrected chi connectivity index (χ4v) is 4.95. The van der Waals surface area contributed by atoms with Gasteiger partial charge in [0.2, 0.25) is 5.91 Å². The van der Waals surface area contributed by atoms with E-state index in [9.17, 15) is 9.59 Å². The monoisotopic (exact) mass is 441 g/mol. The highest BCUT2D eigenvalue weighted by molar-refractivity contribution is 6.32. The molecule has 3 amide bonds. The lowest BCUT2D eigenvalue weighted by Crippen LogP contribution is -2.52. The van der Waals surface area contributed by atoms with Gasteiger partial charge in [-0.1, -0.05) is 30.7 Å². The number of carbonyl (C=O) groups excluding carboxylic acids is 2. The summed E-state index contributed by atoms with van der Waals surface area (Å²) in [6, 6.07) is 11.4. The number of fused-ring (bicyclic) bond motifs is 1. The summed E-state index contributed by atoms with van der Waals surface area (Å²) in [4.78, 5) is 29.3. The first kappa shape index (κ1) is 21.5. The summed E-state index contributed by atoms with van der Waals surface area (Å²) in [5.41, 5.74) is 8.96. The number of urea groups is 1. The van der Waals surface area contributed by atoms with Crippen LogP contribution in [-0.4, -0.2) is 30.0 Å². The first-order valence-corrected chi connectivity index (χ1v) is 11.0. The van der Waals surface area contributed by atoms with Crippen LogP contribution >= 0.6 is 11.6 Å². The van der Waals surface area contributed by atoms with Crippen molar-refractivity contribution in [3.63, 3.8) is 0 Å². The van der Waals surface area contributed by atoms with Gasteiger partial charge in [-0.05, 0) is 68.0 Å². The molecule has 1 aliphatic carbocycles. The van der Waals surface area contributed by atoms with Crippen LogP contribution in [0.4, 0.5) is 16.2 Å². The SMILES string of the molecule is COc1ccc(N2C(=O)N(C3CCC(C)(C(N)=O)CC3)Cc3c(C)cccc32)cc1Cl. The predicted molar refractivity (Wildman–Crippen MR) is 122 cm³/mol. The first-order chi connectivity index (χ1) is 14.7. The summed E-state index contributed by atoms with van der Waals surface area (Å²) in [7, 11) is 1.57. The fourth-order valence-electron chi connectivity index (χ4n) is 4.70. The van der Waals surface area contributed by atoms with Gasteiger partial charge in [-0.25, -0.2) is 4.79 Å². The third-order valence-corrected chi connectivity index (χ3v) is 7.18. The number of nitrogens with zero attached hydrogens (tertiary/aromatic N) is 2. The number of amides is 3. The van der Waals surface area contributed by atoms with Gasteiger partial charge in [0.25, 0.3) is 0 Å². The maximum atomic E-state index is 13.7. The summed E-state index contributed by atoms with van der Waals surface area (Å²) in [5.74, 6) is 0.306. The lowest BCUT2D eigenvalue weighted by molar-refractivity contribution is -0.129. The lowest BCUT2D eigenvalue weighted by Gasteiger charge is -2.45. The molecule has 1 aliphatic heterocycles. The molecular formula is C24H28ClN3O3. The molecule has 0 atom stereocenters. The van der Waals surface area contributed by atoms with Crippen LogP contribution in [0.1, 0.15) is 43.7 Å². The zero-order valence-electron chi connectivity index (χ0n) is 18.2. The molecule has 2 aromatic rings. The van der Waals surface area contributed by atoms with Crippen LogP contribution in [0.3, 0.4) is 0 Å². The summed E-state index contributed by atoms with van der Waals surface area (Å²) in [6.45, 7) is 4.55. The molecule has 2 N–H and O–H groups in total. The molecule has 1 fully saturated rings. The van der Waals surface area contributed by atoms with Crippen molar-refractivity contribution in [3.8, 4) is 5.75 Å². The number of hydrogen-bond acceptors (Lipinski definition) is 3.